The molecule has 0 unspecified atom stereocenters. The number of amides is 2. The normalized spacial score (nSPS) is 13.8. The molecule has 2 aromatic rings. The maximum atomic E-state index is 12.5. The quantitative estimate of drug-likeness (QED) is 0.598. The molecule has 0 saturated carbocycles. The van der Waals surface area contributed by atoms with Crippen molar-refractivity contribution < 1.29 is 9.90 Å². The zero-order valence-corrected chi connectivity index (χ0v) is 17.3. The molecule has 4 nitrogen and oxygen atoms in total. The van der Waals surface area contributed by atoms with E-state index in [-0.39, 0.29) is 6.03 Å². The van der Waals surface area contributed by atoms with E-state index in [0.29, 0.717) is 5.92 Å². The molecule has 26 heavy (non-hydrogen) atoms. The Hall–Kier alpha value is -1.50. The van der Waals surface area contributed by atoms with Crippen molar-refractivity contribution in [3.05, 3.63) is 45.8 Å². The van der Waals surface area contributed by atoms with Gasteiger partial charge in [0.05, 0.1) is 9.81 Å². The van der Waals surface area contributed by atoms with E-state index in [4.69, 9.17) is 0 Å². The lowest BCUT2D eigenvalue weighted by atomic mass is 9.95. The van der Waals surface area contributed by atoms with Crippen LogP contribution in [0, 0.1) is 0 Å². The van der Waals surface area contributed by atoms with Crippen molar-refractivity contribution in [1.82, 2.24) is 4.72 Å². The Morgan fingerprint density at radius 1 is 1.31 bits per heavy atom. The van der Waals surface area contributed by atoms with Crippen molar-refractivity contribution in [3.63, 3.8) is 0 Å². The van der Waals surface area contributed by atoms with E-state index in [9.17, 15) is 9.90 Å². The van der Waals surface area contributed by atoms with Crippen LogP contribution in [-0.2, 0) is 18.4 Å². The van der Waals surface area contributed by atoms with Crippen LogP contribution in [0.3, 0.4) is 0 Å². The summed E-state index contributed by atoms with van der Waals surface area (Å²) in [6.07, 6.45) is 3.27. The Morgan fingerprint density at radius 3 is 2.73 bits per heavy atom. The zero-order chi connectivity index (χ0) is 18.9. The van der Waals surface area contributed by atoms with Gasteiger partial charge in [0.1, 0.15) is 0 Å². The third-order valence-corrected chi connectivity index (χ3v) is 6.57. The minimum Gasteiger partial charge on any atom is -0.386 e. The maximum Gasteiger partial charge on any atom is 0.329 e. The highest BCUT2D eigenvalue weighted by molar-refractivity contribution is 7.99. The van der Waals surface area contributed by atoms with Crippen LogP contribution in [0.25, 0.3) is 0 Å². The fraction of sp³-hybridized carbons (Fsp3) is 0.450. The van der Waals surface area contributed by atoms with Gasteiger partial charge < -0.3 is 10.4 Å². The largest absolute Gasteiger partial charge is 0.386 e. The van der Waals surface area contributed by atoms with E-state index in [0.717, 1.165) is 34.7 Å². The summed E-state index contributed by atoms with van der Waals surface area (Å²) >= 11 is 2.79. The fourth-order valence-corrected chi connectivity index (χ4v) is 4.93. The summed E-state index contributed by atoms with van der Waals surface area (Å²) in [7, 11) is 0. The minimum atomic E-state index is -0.867. The molecule has 1 aliphatic rings. The predicted octanol–water partition coefficient (Wildman–Crippen LogP) is 5.42. The number of carbonyl (C=O) groups excluding carboxylic acids is 1. The Morgan fingerprint density at radius 2 is 2.08 bits per heavy atom. The van der Waals surface area contributed by atoms with Gasteiger partial charge in [-0.05, 0) is 84.7 Å². The van der Waals surface area contributed by atoms with Gasteiger partial charge in [0.2, 0.25) is 0 Å². The van der Waals surface area contributed by atoms with Crippen molar-refractivity contribution in [1.29, 1.82) is 0 Å². The lowest BCUT2D eigenvalue weighted by Crippen LogP contribution is -2.24. The van der Waals surface area contributed by atoms with Crippen LogP contribution in [0.2, 0.25) is 0 Å². The van der Waals surface area contributed by atoms with Crippen LogP contribution in [0.5, 0.6) is 0 Å². The highest BCUT2D eigenvalue weighted by Gasteiger charge is 2.21. The highest BCUT2D eigenvalue weighted by Crippen LogP contribution is 2.36. The average molecular weight is 391 g/mol. The second-order valence-electron chi connectivity index (χ2n) is 7.55. The van der Waals surface area contributed by atoms with E-state index < -0.39 is 5.60 Å². The van der Waals surface area contributed by atoms with Gasteiger partial charge in [-0.15, -0.1) is 11.3 Å². The zero-order valence-electron chi connectivity index (χ0n) is 15.7. The standard InChI is InChI=1S/C20H26N2O2S2/c1-12(2)15-9-8-13-6-5-7-16(13)18(15)21-19(23)22-26-17-10-14(11-25-17)20(3,4)24/h8-12,24H,5-7H2,1-4H3,(H2,21,22,23). The van der Waals surface area contributed by atoms with Gasteiger partial charge in [-0.1, -0.05) is 26.0 Å². The number of hydrogen-bond donors (Lipinski definition) is 3. The van der Waals surface area contributed by atoms with E-state index >= 15 is 0 Å². The second-order valence-corrected chi connectivity index (χ2v) is 9.57. The average Bonchev–Trinajstić information content (AvgIpc) is 3.21. The number of urea groups is 1. The molecule has 0 aliphatic heterocycles. The first-order valence-electron chi connectivity index (χ1n) is 8.95. The number of hydrogen-bond acceptors (Lipinski definition) is 4. The van der Waals surface area contributed by atoms with Gasteiger partial charge in [0, 0.05) is 5.69 Å². The fourth-order valence-electron chi connectivity index (χ4n) is 3.24. The number of aliphatic hydroxyl groups is 1. The first kappa shape index (κ1) is 19.3. The van der Waals surface area contributed by atoms with Gasteiger partial charge in [-0.25, -0.2) is 4.79 Å². The number of rotatable bonds is 5. The third kappa shape index (κ3) is 4.24. The molecule has 1 aromatic heterocycles. The maximum absolute atomic E-state index is 12.5. The third-order valence-electron chi connectivity index (χ3n) is 4.70. The summed E-state index contributed by atoms with van der Waals surface area (Å²) in [5.41, 5.74) is 4.80. The van der Waals surface area contributed by atoms with Gasteiger partial charge >= 0.3 is 6.03 Å². The van der Waals surface area contributed by atoms with Crippen molar-refractivity contribution in [2.45, 2.75) is 62.7 Å². The van der Waals surface area contributed by atoms with Gasteiger partial charge in [0.25, 0.3) is 0 Å². The minimum absolute atomic E-state index is 0.213. The number of carbonyl (C=O) groups is 1. The monoisotopic (exact) mass is 390 g/mol. The summed E-state index contributed by atoms with van der Waals surface area (Å²) in [6.45, 7) is 7.82. The van der Waals surface area contributed by atoms with Crippen LogP contribution >= 0.6 is 23.3 Å². The van der Waals surface area contributed by atoms with Crippen LogP contribution in [-0.4, -0.2) is 11.1 Å². The first-order valence-corrected chi connectivity index (χ1v) is 10.6. The molecule has 1 aromatic carbocycles. The Labute approximate surface area is 163 Å². The van der Waals surface area contributed by atoms with E-state index in [1.807, 2.05) is 11.4 Å². The number of benzene rings is 1. The first-order chi connectivity index (χ1) is 12.3. The van der Waals surface area contributed by atoms with Crippen LogP contribution < -0.4 is 10.0 Å². The van der Waals surface area contributed by atoms with E-state index in [1.165, 1.54) is 40.0 Å². The van der Waals surface area contributed by atoms with E-state index in [2.05, 4.69) is 36.0 Å². The second kappa shape index (κ2) is 7.62. The highest BCUT2D eigenvalue weighted by atomic mass is 32.2. The molecule has 140 valence electrons. The molecular weight excluding hydrogens is 364 g/mol. The molecule has 2 amide bonds. The summed E-state index contributed by atoms with van der Waals surface area (Å²) in [5, 5.41) is 15.0. The topological polar surface area (TPSA) is 61.4 Å². The molecule has 0 saturated heterocycles. The van der Waals surface area contributed by atoms with Gasteiger partial charge in [-0.2, -0.15) is 0 Å². The van der Waals surface area contributed by atoms with Crippen LogP contribution in [0.4, 0.5) is 10.5 Å². The number of aryl methyl sites for hydroxylation is 1. The molecule has 0 spiro atoms. The number of nitrogens with one attached hydrogen (secondary N) is 2. The molecule has 0 atom stereocenters. The number of anilines is 1. The lowest BCUT2D eigenvalue weighted by Gasteiger charge is -2.18. The van der Waals surface area contributed by atoms with Crippen molar-refractivity contribution in [2.24, 2.45) is 0 Å². The van der Waals surface area contributed by atoms with Gasteiger partial charge in [0.15, 0.2) is 0 Å². The number of fused-ring (bicyclic) bond motifs is 1. The summed E-state index contributed by atoms with van der Waals surface area (Å²) in [5.74, 6) is 0.357. The summed E-state index contributed by atoms with van der Waals surface area (Å²) < 4.78 is 3.81. The molecule has 6 heteroatoms. The van der Waals surface area contributed by atoms with Crippen LogP contribution in [0.1, 0.15) is 62.3 Å². The molecule has 0 fully saturated rings. The van der Waals surface area contributed by atoms with Crippen LogP contribution in [0.15, 0.2) is 27.8 Å². The van der Waals surface area contributed by atoms with Gasteiger partial charge in [-0.3, -0.25) is 4.72 Å². The van der Waals surface area contributed by atoms with E-state index in [1.54, 1.807) is 13.8 Å². The van der Waals surface area contributed by atoms with Crippen molar-refractivity contribution in [3.8, 4) is 0 Å². The van der Waals surface area contributed by atoms with Crippen molar-refractivity contribution >= 4 is 35.0 Å². The Balaban J connectivity index is 1.69. The smallest absolute Gasteiger partial charge is 0.329 e. The predicted molar refractivity (Wildman–Crippen MR) is 110 cm³/mol. The SMILES string of the molecule is CC(C)c1ccc2c(c1NC(=O)NSc1cc(C(C)(C)O)cs1)CCC2. The molecule has 3 rings (SSSR count). The molecule has 1 aliphatic carbocycles. The Kier molecular flexibility index (Phi) is 5.65. The Bertz CT molecular complexity index is 807. The number of thiophene rings is 1. The molecule has 1 heterocycles. The summed E-state index contributed by atoms with van der Waals surface area (Å²) in [6, 6.07) is 6.05. The molecule has 0 radical (unpaired) electrons. The van der Waals surface area contributed by atoms with Crippen molar-refractivity contribution in [2.75, 3.05) is 5.32 Å². The molecular formula is C20H26N2O2S2. The lowest BCUT2D eigenvalue weighted by molar-refractivity contribution is 0.0789. The molecule has 3 N–H and O–H groups in total. The summed E-state index contributed by atoms with van der Waals surface area (Å²) in [4.78, 5) is 12.5. The molecule has 0 bridgehead atoms.